The Morgan fingerprint density at radius 2 is 2.29 bits per heavy atom. The van der Waals surface area contributed by atoms with Gasteiger partial charge in [0, 0.05) is 11.5 Å². The van der Waals surface area contributed by atoms with E-state index in [4.69, 9.17) is 4.52 Å². The van der Waals surface area contributed by atoms with Crippen molar-refractivity contribution in [1.29, 1.82) is 0 Å². The molecule has 106 valence electrons. The quantitative estimate of drug-likeness (QED) is 0.804. The van der Waals surface area contributed by atoms with Crippen LogP contribution >= 0.6 is 11.8 Å². The van der Waals surface area contributed by atoms with Crippen LogP contribution in [-0.4, -0.2) is 20.6 Å². The zero-order valence-electron chi connectivity index (χ0n) is 11.1. The monoisotopic (exact) mass is 300 g/mol. The van der Waals surface area contributed by atoms with Gasteiger partial charge >= 0.3 is 0 Å². The molecule has 0 bridgehead atoms. The molecule has 1 aliphatic heterocycles. The summed E-state index contributed by atoms with van der Waals surface area (Å²) in [4.78, 5) is 16.4. The summed E-state index contributed by atoms with van der Waals surface area (Å²) in [7, 11) is 0. The molecule has 1 aromatic carbocycles. The van der Waals surface area contributed by atoms with Crippen LogP contribution in [0, 0.1) is 0 Å². The lowest BCUT2D eigenvalue weighted by Gasteiger charge is -2.04. The van der Waals surface area contributed by atoms with E-state index in [2.05, 4.69) is 15.5 Å². The number of benzene rings is 1. The number of thioether (sulfide) groups is 1. The molecule has 1 N–H and O–H groups in total. The number of anilines is 1. The summed E-state index contributed by atoms with van der Waals surface area (Å²) < 4.78 is 7.01. The fourth-order valence-electron chi connectivity index (χ4n) is 2.41. The van der Waals surface area contributed by atoms with Crippen molar-refractivity contribution >= 4 is 34.6 Å². The zero-order valence-corrected chi connectivity index (χ0v) is 11.9. The fraction of sp³-hybridized carbons (Fsp3) is 0.214. The van der Waals surface area contributed by atoms with Crippen LogP contribution in [-0.2, 0) is 22.8 Å². The highest BCUT2D eigenvalue weighted by molar-refractivity contribution is 7.98. The number of carbonyl (C=O) groups is 1. The molecule has 21 heavy (non-hydrogen) atoms. The fourth-order valence-corrected chi connectivity index (χ4v) is 3.43. The van der Waals surface area contributed by atoms with Crippen molar-refractivity contribution in [1.82, 2.24) is 14.7 Å². The van der Waals surface area contributed by atoms with Crippen molar-refractivity contribution in [2.24, 2.45) is 0 Å². The molecule has 0 spiro atoms. The number of rotatable bonds is 3. The third-order valence-electron chi connectivity index (χ3n) is 3.45. The van der Waals surface area contributed by atoms with Gasteiger partial charge in [-0.1, -0.05) is 17.3 Å². The van der Waals surface area contributed by atoms with Crippen molar-refractivity contribution < 1.29 is 9.32 Å². The van der Waals surface area contributed by atoms with Gasteiger partial charge in [0.2, 0.25) is 11.8 Å². The number of amides is 1. The summed E-state index contributed by atoms with van der Waals surface area (Å²) in [5.74, 6) is 2.02. The molecule has 0 radical (unpaired) electrons. The number of nitrogens with zero attached hydrogens (tertiary/aromatic N) is 3. The molecule has 0 saturated heterocycles. The van der Waals surface area contributed by atoms with Gasteiger partial charge in [0.1, 0.15) is 6.54 Å². The highest BCUT2D eigenvalue weighted by Gasteiger charge is 2.22. The predicted octanol–water partition coefficient (Wildman–Crippen LogP) is 2.41. The van der Waals surface area contributed by atoms with Gasteiger partial charge in [0.05, 0.1) is 28.6 Å². The van der Waals surface area contributed by atoms with E-state index in [1.807, 2.05) is 28.8 Å². The first kappa shape index (κ1) is 12.5. The molecule has 3 heterocycles. The number of para-hydroxylation sites is 2. The number of hydrogen-bond acceptors (Lipinski definition) is 5. The standard InChI is InChI=1S/C14H12N4O2S/c19-13(16-14-9-6-21-7-11(9)17-20-14)5-18-8-15-10-3-1-2-4-12(10)18/h1-4,8H,5-7H2,(H,16,19). The summed E-state index contributed by atoms with van der Waals surface area (Å²) in [6, 6.07) is 7.72. The van der Waals surface area contributed by atoms with Crippen LogP contribution < -0.4 is 5.32 Å². The summed E-state index contributed by atoms with van der Waals surface area (Å²) >= 11 is 1.77. The Bertz CT molecular complexity index is 823. The van der Waals surface area contributed by atoms with Crippen molar-refractivity contribution in [3.05, 3.63) is 41.9 Å². The van der Waals surface area contributed by atoms with E-state index in [0.29, 0.717) is 5.88 Å². The molecule has 1 aliphatic rings. The molecule has 1 amide bonds. The van der Waals surface area contributed by atoms with Crippen LogP contribution in [0.4, 0.5) is 5.88 Å². The van der Waals surface area contributed by atoms with Gasteiger partial charge in [-0.15, -0.1) is 0 Å². The SMILES string of the molecule is O=C(Cn1cnc2ccccc21)Nc1onc2c1CSC2. The molecule has 3 aromatic rings. The molecule has 7 heteroatoms. The van der Waals surface area contributed by atoms with Crippen molar-refractivity contribution in [3.63, 3.8) is 0 Å². The maximum absolute atomic E-state index is 12.2. The van der Waals surface area contributed by atoms with Gasteiger partial charge in [-0.05, 0) is 12.1 Å². The minimum atomic E-state index is -0.144. The summed E-state index contributed by atoms with van der Waals surface area (Å²) in [6.07, 6.45) is 1.67. The Kier molecular flexibility index (Phi) is 2.92. The molecule has 0 fully saturated rings. The normalized spacial score (nSPS) is 13.5. The third kappa shape index (κ3) is 2.19. The zero-order chi connectivity index (χ0) is 14.2. The summed E-state index contributed by atoms with van der Waals surface area (Å²) in [5, 5.41) is 6.76. The van der Waals surface area contributed by atoms with E-state index >= 15 is 0 Å². The number of carbonyl (C=O) groups excluding carboxylic acids is 1. The molecule has 4 rings (SSSR count). The maximum atomic E-state index is 12.2. The molecule has 6 nitrogen and oxygen atoms in total. The van der Waals surface area contributed by atoms with Crippen LogP contribution in [0.5, 0.6) is 0 Å². The minimum Gasteiger partial charge on any atom is -0.338 e. The second-order valence-electron chi connectivity index (χ2n) is 4.84. The van der Waals surface area contributed by atoms with Crippen molar-refractivity contribution in [2.75, 3.05) is 5.32 Å². The first-order chi connectivity index (χ1) is 10.3. The van der Waals surface area contributed by atoms with Crippen LogP contribution in [0.2, 0.25) is 0 Å². The minimum absolute atomic E-state index is 0.144. The van der Waals surface area contributed by atoms with Crippen molar-refractivity contribution in [3.8, 4) is 0 Å². The van der Waals surface area contributed by atoms with Gasteiger partial charge < -0.3 is 9.09 Å². The van der Waals surface area contributed by atoms with Crippen LogP contribution in [0.3, 0.4) is 0 Å². The van der Waals surface area contributed by atoms with Crippen LogP contribution in [0.15, 0.2) is 35.1 Å². The molecular formula is C14H12N4O2S. The first-order valence-corrected chi connectivity index (χ1v) is 7.71. The smallest absolute Gasteiger partial charge is 0.246 e. The Hall–Kier alpha value is -2.28. The molecular weight excluding hydrogens is 288 g/mol. The lowest BCUT2D eigenvalue weighted by molar-refractivity contribution is -0.116. The highest BCUT2D eigenvalue weighted by Crippen LogP contribution is 2.34. The van der Waals surface area contributed by atoms with E-state index in [1.165, 1.54) is 0 Å². The Labute approximate surface area is 124 Å². The number of imidazole rings is 1. The molecule has 0 atom stereocenters. The van der Waals surface area contributed by atoms with E-state index in [-0.39, 0.29) is 12.5 Å². The third-order valence-corrected chi connectivity index (χ3v) is 4.42. The second-order valence-corrected chi connectivity index (χ2v) is 5.82. The molecule has 0 saturated carbocycles. The predicted molar refractivity (Wildman–Crippen MR) is 79.9 cm³/mol. The molecule has 0 aliphatic carbocycles. The molecule has 2 aromatic heterocycles. The van der Waals surface area contributed by atoms with Crippen LogP contribution in [0.1, 0.15) is 11.3 Å². The summed E-state index contributed by atoms with van der Waals surface area (Å²) in [6.45, 7) is 0.198. The highest BCUT2D eigenvalue weighted by atomic mass is 32.2. The largest absolute Gasteiger partial charge is 0.338 e. The van der Waals surface area contributed by atoms with Gasteiger partial charge in [-0.25, -0.2) is 4.98 Å². The lowest BCUT2D eigenvalue weighted by atomic mass is 10.3. The van der Waals surface area contributed by atoms with Gasteiger partial charge in [0.15, 0.2) is 0 Å². The van der Waals surface area contributed by atoms with Crippen LogP contribution in [0.25, 0.3) is 11.0 Å². The van der Waals surface area contributed by atoms with E-state index in [1.54, 1.807) is 18.1 Å². The van der Waals surface area contributed by atoms with Gasteiger partial charge in [-0.2, -0.15) is 11.8 Å². The first-order valence-electron chi connectivity index (χ1n) is 6.56. The topological polar surface area (TPSA) is 73.0 Å². The number of fused-ring (bicyclic) bond motifs is 2. The second kappa shape index (κ2) is 4.92. The maximum Gasteiger partial charge on any atom is 0.246 e. The van der Waals surface area contributed by atoms with Gasteiger partial charge in [0.25, 0.3) is 0 Å². The van der Waals surface area contributed by atoms with Crippen molar-refractivity contribution in [2.45, 2.75) is 18.1 Å². The number of hydrogen-bond donors (Lipinski definition) is 1. The Balaban J connectivity index is 1.53. The Morgan fingerprint density at radius 3 is 3.24 bits per heavy atom. The number of nitrogens with one attached hydrogen (secondary N) is 1. The molecule has 0 unspecified atom stereocenters. The lowest BCUT2D eigenvalue weighted by Crippen LogP contribution is -2.18. The summed E-state index contributed by atoms with van der Waals surface area (Å²) in [5.41, 5.74) is 3.75. The van der Waals surface area contributed by atoms with E-state index < -0.39 is 0 Å². The average molecular weight is 300 g/mol. The number of aromatic nitrogens is 3. The van der Waals surface area contributed by atoms with E-state index in [9.17, 15) is 4.79 Å². The average Bonchev–Trinajstić information content (AvgIpc) is 3.17. The Morgan fingerprint density at radius 1 is 1.38 bits per heavy atom. The van der Waals surface area contributed by atoms with E-state index in [0.717, 1.165) is 33.8 Å². The van der Waals surface area contributed by atoms with Gasteiger partial charge in [-0.3, -0.25) is 10.1 Å².